The fourth-order valence-corrected chi connectivity index (χ4v) is 6.01. The van der Waals surface area contributed by atoms with Crippen LogP contribution in [0.5, 0.6) is 0 Å². The van der Waals surface area contributed by atoms with Crippen LogP contribution >= 0.6 is 0 Å². The van der Waals surface area contributed by atoms with E-state index in [1.807, 2.05) is 0 Å². The number of benzene rings is 2. The second-order valence-electron chi connectivity index (χ2n) is 13.3. The zero-order valence-corrected chi connectivity index (χ0v) is 32.8. The van der Waals surface area contributed by atoms with Crippen LogP contribution in [0.3, 0.4) is 0 Å². The van der Waals surface area contributed by atoms with Crippen LogP contribution in [0.25, 0.3) is 0 Å². The van der Waals surface area contributed by atoms with Crippen molar-refractivity contribution in [1.82, 2.24) is 0 Å². The second-order valence-corrected chi connectivity index (χ2v) is 13.3. The molecular weight excluding hydrogens is 663 g/mol. The van der Waals surface area contributed by atoms with Crippen molar-refractivity contribution in [1.29, 1.82) is 0 Å². The van der Waals surface area contributed by atoms with Gasteiger partial charge >= 0.3 is 0 Å². The van der Waals surface area contributed by atoms with E-state index in [9.17, 15) is 0 Å². The molecule has 0 aliphatic carbocycles. The largest absolute Gasteiger partial charge is 0.251 e. The first-order valence-corrected chi connectivity index (χ1v) is 19.5. The van der Waals surface area contributed by atoms with Gasteiger partial charge in [-0.15, -0.1) is 0 Å². The molecule has 2 aromatic rings. The van der Waals surface area contributed by atoms with Crippen LogP contribution in [0.1, 0.15) is 179 Å². The zero-order valence-electron chi connectivity index (χ0n) is 31.2. The average Bonchev–Trinajstić information content (AvgIpc) is 3.06. The molecule has 3 heteroatoms. The van der Waals surface area contributed by atoms with E-state index in [1.54, 1.807) is 0 Å². The summed E-state index contributed by atoms with van der Waals surface area (Å²) in [6.45, 7) is 13.7. The normalized spacial score (nSPS) is 11.7. The topological polar surface area (TPSA) is 24.7 Å². The Hall–Kier alpha value is -2.00. The molecule has 2 nitrogen and oxygen atoms in total. The summed E-state index contributed by atoms with van der Waals surface area (Å²) in [6, 6.07) is 13.9. The van der Waals surface area contributed by atoms with Gasteiger partial charge in [-0.1, -0.05) is 124 Å². The van der Waals surface area contributed by atoms with E-state index in [-0.39, 0.29) is 20.4 Å². The molecule has 2 rings (SSSR count). The molecule has 0 bridgehead atoms. The minimum absolute atomic E-state index is 0. The van der Waals surface area contributed by atoms with Crippen molar-refractivity contribution in [2.24, 2.45) is 9.98 Å². The summed E-state index contributed by atoms with van der Waals surface area (Å²) < 4.78 is 0. The Morgan fingerprint density at radius 1 is 0.489 bits per heavy atom. The Bertz CT molecular complexity index is 1230. The van der Waals surface area contributed by atoms with Crippen LogP contribution in [0.4, 0.5) is 11.4 Å². The van der Waals surface area contributed by atoms with Crippen molar-refractivity contribution in [2.75, 3.05) is 0 Å². The molecule has 264 valence electrons. The summed E-state index contributed by atoms with van der Waals surface area (Å²) in [7, 11) is 0. The summed E-state index contributed by atoms with van der Waals surface area (Å²) in [6.07, 6.45) is 26.1. The van der Waals surface area contributed by atoms with Gasteiger partial charge in [0.15, 0.2) is 0 Å². The molecule has 0 aliphatic heterocycles. The van der Waals surface area contributed by atoms with Gasteiger partial charge < -0.3 is 0 Å². The van der Waals surface area contributed by atoms with Crippen LogP contribution in [0.15, 0.2) is 46.4 Å². The molecule has 47 heavy (non-hydrogen) atoms. The van der Waals surface area contributed by atoms with E-state index in [0.717, 1.165) is 74.2 Å². The van der Waals surface area contributed by atoms with E-state index in [1.165, 1.54) is 112 Å². The van der Waals surface area contributed by atoms with Gasteiger partial charge in [0.2, 0.25) is 0 Å². The molecule has 0 aliphatic rings. The predicted octanol–water partition coefficient (Wildman–Crippen LogP) is 13.8. The molecule has 0 spiro atoms. The zero-order chi connectivity index (χ0) is 33.2. The van der Waals surface area contributed by atoms with Gasteiger partial charge in [-0.05, 0) is 123 Å². The number of aliphatic imine (C=N–C) groups is 2. The Labute approximate surface area is 305 Å². The third-order valence-corrected chi connectivity index (χ3v) is 8.99. The molecule has 0 N–H and O–H groups in total. The van der Waals surface area contributed by atoms with Gasteiger partial charge in [-0.3, -0.25) is 4.99 Å². The van der Waals surface area contributed by atoms with Gasteiger partial charge in [0, 0.05) is 26.8 Å². The van der Waals surface area contributed by atoms with Gasteiger partial charge in [0.05, 0.1) is 17.1 Å². The Morgan fingerprint density at radius 2 is 0.915 bits per heavy atom. The van der Waals surface area contributed by atoms with E-state index in [2.05, 4.69) is 89.8 Å². The number of hydrogen-bond acceptors (Lipinski definition) is 2. The smallest absolute Gasteiger partial charge is 0.135 e. The quantitative estimate of drug-likeness (QED) is 0.0445. The Morgan fingerprint density at radius 3 is 1.36 bits per heavy atom. The van der Waals surface area contributed by atoms with Gasteiger partial charge in [-0.25, -0.2) is 4.99 Å². The maximum absolute atomic E-state index is 5.35. The predicted molar refractivity (Wildman–Crippen MR) is 207 cm³/mol. The third kappa shape index (κ3) is 17.8. The van der Waals surface area contributed by atoms with E-state index in [4.69, 9.17) is 9.98 Å². The number of unbranched alkanes of at least 4 members (excludes halogenated alkanes) is 11. The van der Waals surface area contributed by atoms with Crippen molar-refractivity contribution in [3.8, 4) is 11.8 Å². The fraction of sp³-hybridized carbons (Fsp3) is 0.636. The van der Waals surface area contributed by atoms with Crippen molar-refractivity contribution < 1.29 is 20.4 Å². The molecular formula is C44H68N2Pd. The molecule has 0 atom stereocenters. The number of aryl methyl sites for hydroxylation is 4. The van der Waals surface area contributed by atoms with Crippen molar-refractivity contribution in [3.05, 3.63) is 58.7 Å². The molecule has 2 aromatic carbocycles. The standard InChI is InChI=1S/C44H68N2.Pd/c1-7-13-19-24-30-44(46-42-34-32-38(26-21-15-9-3)40(36-42)28-23-17-11-5)43(29-18-12-6)45-41-33-31-37(25-20-14-8-2)39(35-41)27-22-16-10-4;/h31-36H,7-23,25-29H2,1-6H3;/b45-43+,46-44+;. The van der Waals surface area contributed by atoms with Crippen LogP contribution in [-0.4, -0.2) is 11.4 Å². The molecule has 0 unspecified atom stereocenters. The molecule has 0 fully saturated rings. The maximum atomic E-state index is 5.35. The second kappa shape index (κ2) is 27.9. The van der Waals surface area contributed by atoms with Gasteiger partial charge in [0.1, 0.15) is 5.71 Å². The van der Waals surface area contributed by atoms with Crippen LogP contribution in [0.2, 0.25) is 0 Å². The average molecular weight is 731 g/mol. The van der Waals surface area contributed by atoms with Crippen LogP contribution < -0.4 is 0 Å². The van der Waals surface area contributed by atoms with Crippen LogP contribution in [-0.2, 0) is 46.1 Å². The van der Waals surface area contributed by atoms with Gasteiger partial charge in [0.25, 0.3) is 0 Å². The van der Waals surface area contributed by atoms with Crippen molar-refractivity contribution in [3.63, 3.8) is 0 Å². The Balaban J connectivity index is 0.0000110. The number of hydrogen-bond donors (Lipinski definition) is 0. The Kier molecular flexibility index (Phi) is 25.5. The summed E-state index contributed by atoms with van der Waals surface area (Å²) >= 11 is 0. The SMILES string of the molecule is CCCCC#CC(=N\c1ccc(CCCCC)c(CCCCC)c1)/C(CCCC)=N/c1ccc(CCCCC)c(CCCCC)c1.[Pd]. The van der Waals surface area contributed by atoms with E-state index >= 15 is 0 Å². The minimum atomic E-state index is 0. The molecule has 0 saturated heterocycles. The maximum Gasteiger partial charge on any atom is 0.135 e. The van der Waals surface area contributed by atoms with Crippen molar-refractivity contribution >= 4 is 22.8 Å². The third-order valence-electron chi connectivity index (χ3n) is 8.99. The fourth-order valence-electron chi connectivity index (χ4n) is 6.01. The molecule has 0 heterocycles. The first kappa shape index (κ1) is 43.0. The number of rotatable bonds is 24. The summed E-state index contributed by atoms with van der Waals surface area (Å²) in [4.78, 5) is 10.6. The molecule has 0 radical (unpaired) electrons. The molecule has 0 amide bonds. The first-order valence-electron chi connectivity index (χ1n) is 19.5. The van der Waals surface area contributed by atoms with Crippen LogP contribution in [0, 0.1) is 11.8 Å². The van der Waals surface area contributed by atoms with E-state index in [0.29, 0.717) is 0 Å². The monoisotopic (exact) mass is 730 g/mol. The minimum Gasteiger partial charge on any atom is -0.251 e. The summed E-state index contributed by atoms with van der Waals surface area (Å²) in [5, 5.41) is 0. The molecule has 0 aromatic heterocycles. The van der Waals surface area contributed by atoms with Gasteiger partial charge in [-0.2, -0.15) is 0 Å². The van der Waals surface area contributed by atoms with Crippen molar-refractivity contribution in [2.45, 2.75) is 183 Å². The van der Waals surface area contributed by atoms with E-state index < -0.39 is 0 Å². The number of nitrogens with zero attached hydrogens (tertiary/aromatic N) is 2. The first-order chi connectivity index (χ1) is 22.6. The summed E-state index contributed by atoms with van der Waals surface area (Å²) in [5.74, 6) is 7.01. The molecule has 0 saturated carbocycles. The summed E-state index contributed by atoms with van der Waals surface area (Å²) in [5.41, 5.74) is 9.99.